The highest BCUT2D eigenvalue weighted by Crippen LogP contribution is 2.12. The minimum absolute atomic E-state index is 0.0390. The first-order valence-electron chi connectivity index (χ1n) is 7.09. The van der Waals surface area contributed by atoms with Crippen LogP contribution in [0.15, 0.2) is 43.1 Å². The van der Waals surface area contributed by atoms with Gasteiger partial charge in [-0.25, -0.2) is 0 Å². The van der Waals surface area contributed by atoms with Crippen LogP contribution in [0.5, 0.6) is 0 Å². The van der Waals surface area contributed by atoms with Gasteiger partial charge in [-0.2, -0.15) is 0 Å². The molecule has 2 rings (SSSR count). The molecule has 0 saturated heterocycles. The summed E-state index contributed by atoms with van der Waals surface area (Å²) in [6.07, 6.45) is 3.22. The van der Waals surface area contributed by atoms with Crippen molar-refractivity contribution in [2.45, 2.75) is 13.0 Å². The second-order valence-electron chi connectivity index (χ2n) is 5.20. The lowest BCUT2D eigenvalue weighted by Crippen LogP contribution is -2.27. The summed E-state index contributed by atoms with van der Waals surface area (Å²) in [5.74, 6) is -0.323. The monoisotopic (exact) mass is 313 g/mol. The first-order chi connectivity index (χ1) is 11.0. The Morgan fingerprint density at radius 2 is 2.22 bits per heavy atom. The van der Waals surface area contributed by atoms with Gasteiger partial charge in [0.05, 0.1) is 13.0 Å². The topological polar surface area (TPSA) is 80.1 Å². The van der Waals surface area contributed by atoms with E-state index in [1.54, 1.807) is 48.1 Å². The first-order valence-corrected chi connectivity index (χ1v) is 7.09. The van der Waals surface area contributed by atoms with E-state index in [9.17, 15) is 9.59 Å². The molecule has 120 valence electrons. The standard InChI is InChI=1S/C16H19N5O2/c1-4-15(22)17-13-7-5-6-12(8-13)9-16(23)20(2)10-14-11-21(3)19-18-14/h4-8,11H,1,9-10H2,2-3H3,(H,17,22). The van der Waals surface area contributed by atoms with Crippen LogP contribution in [0.4, 0.5) is 5.69 Å². The van der Waals surface area contributed by atoms with Gasteiger partial charge >= 0.3 is 0 Å². The van der Waals surface area contributed by atoms with Crippen molar-refractivity contribution in [1.29, 1.82) is 0 Å². The van der Waals surface area contributed by atoms with Crippen LogP contribution in [0.3, 0.4) is 0 Å². The molecule has 1 heterocycles. The lowest BCUT2D eigenvalue weighted by atomic mass is 10.1. The Morgan fingerprint density at radius 1 is 1.43 bits per heavy atom. The van der Waals surface area contributed by atoms with E-state index in [2.05, 4.69) is 22.2 Å². The molecule has 0 fully saturated rings. The highest BCUT2D eigenvalue weighted by atomic mass is 16.2. The van der Waals surface area contributed by atoms with Gasteiger partial charge in [-0.15, -0.1) is 5.10 Å². The molecule has 0 aliphatic heterocycles. The molecular formula is C16H19N5O2. The van der Waals surface area contributed by atoms with Crippen LogP contribution in [0, 0.1) is 0 Å². The van der Waals surface area contributed by atoms with E-state index >= 15 is 0 Å². The Hall–Kier alpha value is -2.96. The largest absolute Gasteiger partial charge is 0.339 e. The fourth-order valence-corrected chi connectivity index (χ4v) is 2.06. The number of aromatic nitrogens is 3. The van der Waals surface area contributed by atoms with Gasteiger partial charge in [-0.3, -0.25) is 14.3 Å². The van der Waals surface area contributed by atoms with E-state index < -0.39 is 0 Å². The van der Waals surface area contributed by atoms with Gasteiger partial charge in [0.1, 0.15) is 5.69 Å². The molecule has 0 unspecified atom stereocenters. The highest BCUT2D eigenvalue weighted by Gasteiger charge is 2.12. The van der Waals surface area contributed by atoms with Crippen molar-refractivity contribution in [3.63, 3.8) is 0 Å². The number of likely N-dealkylation sites (N-methyl/N-ethyl adjacent to an activating group) is 1. The minimum atomic E-state index is -0.284. The fourth-order valence-electron chi connectivity index (χ4n) is 2.06. The van der Waals surface area contributed by atoms with Crippen molar-refractivity contribution in [2.75, 3.05) is 12.4 Å². The lowest BCUT2D eigenvalue weighted by Gasteiger charge is -2.16. The number of carbonyl (C=O) groups is 2. The first kappa shape index (κ1) is 16.4. The van der Waals surface area contributed by atoms with Crippen LogP contribution < -0.4 is 5.32 Å². The lowest BCUT2D eigenvalue weighted by molar-refractivity contribution is -0.129. The van der Waals surface area contributed by atoms with Crippen molar-refractivity contribution < 1.29 is 9.59 Å². The van der Waals surface area contributed by atoms with Gasteiger partial charge in [-0.1, -0.05) is 23.9 Å². The smallest absolute Gasteiger partial charge is 0.247 e. The van der Waals surface area contributed by atoms with Crippen molar-refractivity contribution in [2.24, 2.45) is 7.05 Å². The molecule has 0 spiro atoms. The molecule has 1 aromatic carbocycles. The van der Waals surface area contributed by atoms with Crippen LogP contribution in [-0.2, 0) is 29.6 Å². The van der Waals surface area contributed by atoms with E-state index in [0.717, 1.165) is 11.3 Å². The summed E-state index contributed by atoms with van der Waals surface area (Å²) < 4.78 is 1.60. The van der Waals surface area contributed by atoms with Crippen LogP contribution in [0.25, 0.3) is 0 Å². The summed E-state index contributed by atoms with van der Waals surface area (Å²) in [6, 6.07) is 7.18. The predicted octanol–water partition coefficient (Wildman–Crippen LogP) is 1.14. The van der Waals surface area contributed by atoms with Gasteiger partial charge in [0.15, 0.2) is 0 Å². The molecule has 0 bridgehead atoms. The maximum atomic E-state index is 12.3. The number of hydrogen-bond acceptors (Lipinski definition) is 4. The van der Waals surface area contributed by atoms with E-state index in [-0.39, 0.29) is 18.2 Å². The number of rotatable bonds is 6. The second-order valence-corrected chi connectivity index (χ2v) is 5.20. The van der Waals surface area contributed by atoms with E-state index in [1.165, 1.54) is 6.08 Å². The number of aryl methyl sites for hydroxylation is 1. The molecule has 7 nitrogen and oxygen atoms in total. The molecule has 1 aromatic heterocycles. The number of benzene rings is 1. The Bertz CT molecular complexity index is 723. The summed E-state index contributed by atoms with van der Waals surface area (Å²) >= 11 is 0. The van der Waals surface area contributed by atoms with Crippen molar-refractivity contribution in [3.05, 3.63) is 54.4 Å². The quantitative estimate of drug-likeness (QED) is 0.811. The van der Waals surface area contributed by atoms with Crippen molar-refractivity contribution in [3.8, 4) is 0 Å². The van der Waals surface area contributed by atoms with Gasteiger partial charge in [0.2, 0.25) is 11.8 Å². The molecule has 0 aliphatic carbocycles. The summed E-state index contributed by atoms with van der Waals surface area (Å²) in [5, 5.41) is 10.5. The van der Waals surface area contributed by atoms with Gasteiger partial charge in [0, 0.05) is 26.0 Å². The molecule has 0 saturated carbocycles. The van der Waals surface area contributed by atoms with Crippen molar-refractivity contribution in [1.82, 2.24) is 19.9 Å². The summed E-state index contributed by atoms with van der Waals surface area (Å²) in [6.45, 7) is 3.81. The molecule has 7 heteroatoms. The average molecular weight is 313 g/mol. The second kappa shape index (κ2) is 7.35. The maximum absolute atomic E-state index is 12.3. The normalized spacial score (nSPS) is 10.2. The summed E-state index contributed by atoms with van der Waals surface area (Å²) in [4.78, 5) is 25.2. The number of carbonyl (C=O) groups excluding carboxylic acids is 2. The summed E-state index contributed by atoms with van der Waals surface area (Å²) in [5.41, 5.74) is 2.19. The van der Waals surface area contributed by atoms with Gasteiger partial charge in [-0.05, 0) is 23.8 Å². The molecule has 23 heavy (non-hydrogen) atoms. The third-order valence-corrected chi connectivity index (χ3v) is 3.21. The molecule has 0 radical (unpaired) electrons. The van der Waals surface area contributed by atoms with Crippen LogP contribution in [0.1, 0.15) is 11.3 Å². The number of hydrogen-bond donors (Lipinski definition) is 1. The molecule has 0 aliphatic rings. The number of anilines is 1. The molecule has 1 N–H and O–H groups in total. The van der Waals surface area contributed by atoms with E-state index in [0.29, 0.717) is 12.2 Å². The fraction of sp³-hybridized carbons (Fsp3) is 0.250. The van der Waals surface area contributed by atoms with Gasteiger partial charge in [0.25, 0.3) is 0 Å². The zero-order valence-electron chi connectivity index (χ0n) is 13.2. The van der Waals surface area contributed by atoms with Crippen LogP contribution in [-0.4, -0.2) is 38.8 Å². The SMILES string of the molecule is C=CC(=O)Nc1cccc(CC(=O)N(C)Cc2cn(C)nn2)c1. The summed E-state index contributed by atoms with van der Waals surface area (Å²) in [7, 11) is 3.50. The predicted molar refractivity (Wildman–Crippen MR) is 86.4 cm³/mol. The number of nitrogens with zero attached hydrogens (tertiary/aromatic N) is 4. The van der Waals surface area contributed by atoms with Crippen molar-refractivity contribution >= 4 is 17.5 Å². The molecule has 0 atom stereocenters. The zero-order chi connectivity index (χ0) is 16.8. The minimum Gasteiger partial charge on any atom is -0.339 e. The third kappa shape index (κ3) is 4.77. The Labute approximate surface area is 134 Å². The molecule has 2 aromatic rings. The third-order valence-electron chi connectivity index (χ3n) is 3.21. The Balaban J connectivity index is 1.97. The van der Waals surface area contributed by atoms with Crippen LogP contribution >= 0.6 is 0 Å². The Kier molecular flexibility index (Phi) is 5.24. The maximum Gasteiger partial charge on any atom is 0.247 e. The van der Waals surface area contributed by atoms with E-state index in [1.807, 2.05) is 6.07 Å². The zero-order valence-corrected chi connectivity index (χ0v) is 13.2. The van der Waals surface area contributed by atoms with E-state index in [4.69, 9.17) is 0 Å². The number of nitrogens with one attached hydrogen (secondary N) is 1. The highest BCUT2D eigenvalue weighted by molar-refractivity contribution is 5.98. The molecule has 2 amide bonds. The number of amides is 2. The van der Waals surface area contributed by atoms with Gasteiger partial charge < -0.3 is 10.2 Å². The van der Waals surface area contributed by atoms with Crippen LogP contribution in [0.2, 0.25) is 0 Å². The average Bonchev–Trinajstić information content (AvgIpc) is 2.92. The molecular weight excluding hydrogens is 294 g/mol. The Morgan fingerprint density at radius 3 is 2.87 bits per heavy atom.